The van der Waals surface area contributed by atoms with E-state index in [9.17, 15) is 14.3 Å². The third-order valence-corrected chi connectivity index (χ3v) is 13.5. The fourth-order valence-corrected chi connectivity index (χ4v) is 8.77. The van der Waals surface area contributed by atoms with Crippen molar-refractivity contribution in [2.75, 3.05) is 65.5 Å². The standard InChI is InChI=1S/C52H90Cl2N3O9P/c1-5-8-10-12-14-16-17-18-19-20-21-22-24-26-30-38-61-43-62-41-46(42-66-67(59,60)65-39-37-57(4)7-3)63-44-64-51(36-27-25-23-15-13-11-9-6-2)56-50(58)40-45-32-28-29-35-49(45)55-52-47(53)33-31-34-48(52)54/h28-29,31-35,46,51,55H,5-27,30,36-44H2,1-4H3,(H,56,58)(H,59,60). The van der Waals surface area contributed by atoms with Crippen molar-refractivity contribution in [2.24, 2.45) is 0 Å². The number of hydrogen-bond acceptors (Lipinski definition) is 10. The predicted molar refractivity (Wildman–Crippen MR) is 276 cm³/mol. The van der Waals surface area contributed by atoms with Crippen LogP contribution in [-0.4, -0.2) is 88.2 Å². The lowest BCUT2D eigenvalue weighted by molar-refractivity contribution is -0.164. The maximum absolute atomic E-state index is 13.6. The van der Waals surface area contributed by atoms with Gasteiger partial charge in [0.2, 0.25) is 5.91 Å². The fraction of sp³-hybridized carbons (Fsp3) is 0.750. The normalized spacial score (nSPS) is 13.5. The van der Waals surface area contributed by atoms with E-state index < -0.39 is 20.2 Å². The smallest absolute Gasteiger partial charge is 0.355 e. The molecule has 15 heteroatoms. The number of phosphoric ester groups is 1. The van der Waals surface area contributed by atoms with Crippen LogP contribution in [0, 0.1) is 0 Å². The molecule has 0 aliphatic rings. The van der Waals surface area contributed by atoms with Crippen molar-refractivity contribution >= 4 is 48.3 Å². The van der Waals surface area contributed by atoms with Crippen molar-refractivity contribution in [3.8, 4) is 0 Å². The van der Waals surface area contributed by atoms with Crippen molar-refractivity contribution in [3.63, 3.8) is 0 Å². The Balaban J connectivity index is 1.90. The van der Waals surface area contributed by atoms with Gasteiger partial charge in [0.25, 0.3) is 0 Å². The highest BCUT2D eigenvalue weighted by Crippen LogP contribution is 2.43. The Labute approximate surface area is 416 Å². The number of nitrogens with zero attached hydrogens (tertiary/aromatic N) is 1. The highest BCUT2D eigenvalue weighted by Gasteiger charge is 2.25. The van der Waals surface area contributed by atoms with Crippen LogP contribution in [0.1, 0.15) is 180 Å². The molecule has 0 aliphatic carbocycles. The van der Waals surface area contributed by atoms with Gasteiger partial charge in [-0.3, -0.25) is 13.8 Å². The number of para-hydroxylation sites is 2. The first-order valence-corrected chi connectivity index (χ1v) is 28.1. The van der Waals surface area contributed by atoms with Gasteiger partial charge in [0.15, 0.2) is 0 Å². The Kier molecular flexibility index (Phi) is 37.4. The van der Waals surface area contributed by atoms with Crippen LogP contribution in [-0.2, 0) is 43.8 Å². The van der Waals surface area contributed by atoms with E-state index in [0.29, 0.717) is 41.0 Å². The minimum atomic E-state index is -4.37. The van der Waals surface area contributed by atoms with Gasteiger partial charge < -0.3 is 39.4 Å². The molecule has 0 radical (unpaired) electrons. The molecular weight excluding hydrogens is 912 g/mol. The maximum atomic E-state index is 13.6. The monoisotopic (exact) mass is 1000 g/mol. The average molecular weight is 1000 g/mol. The lowest BCUT2D eigenvalue weighted by atomic mass is 10.0. The van der Waals surface area contributed by atoms with Crippen LogP contribution in [0.15, 0.2) is 42.5 Å². The molecule has 0 spiro atoms. The molecule has 0 aromatic heterocycles. The molecule has 386 valence electrons. The van der Waals surface area contributed by atoms with Crippen molar-refractivity contribution < 1.29 is 42.2 Å². The zero-order chi connectivity index (χ0) is 48.6. The van der Waals surface area contributed by atoms with Crippen molar-refractivity contribution in [1.29, 1.82) is 0 Å². The number of likely N-dealkylation sites (N-methyl/N-ethyl adjacent to an activating group) is 1. The van der Waals surface area contributed by atoms with Gasteiger partial charge in [0.05, 0.1) is 42.0 Å². The van der Waals surface area contributed by atoms with Crippen molar-refractivity contribution in [2.45, 2.75) is 194 Å². The van der Waals surface area contributed by atoms with E-state index in [0.717, 1.165) is 44.2 Å². The molecule has 3 unspecified atom stereocenters. The van der Waals surface area contributed by atoms with Crippen molar-refractivity contribution in [1.82, 2.24) is 10.2 Å². The third-order valence-electron chi connectivity index (χ3n) is 11.9. The third kappa shape index (κ3) is 32.7. The quantitative estimate of drug-likeness (QED) is 0.0332. The summed E-state index contributed by atoms with van der Waals surface area (Å²) in [7, 11) is -2.47. The number of halogens is 2. The van der Waals surface area contributed by atoms with Crippen LogP contribution in [0.3, 0.4) is 0 Å². The molecule has 1 amide bonds. The number of amides is 1. The summed E-state index contributed by atoms with van der Waals surface area (Å²) >= 11 is 12.9. The molecule has 3 N–H and O–H groups in total. The molecule has 2 aromatic carbocycles. The van der Waals surface area contributed by atoms with Gasteiger partial charge in [0, 0.05) is 18.8 Å². The van der Waals surface area contributed by atoms with Crippen LogP contribution in [0.2, 0.25) is 10.0 Å². The van der Waals surface area contributed by atoms with E-state index in [4.69, 9.17) is 51.2 Å². The number of nitrogens with one attached hydrogen (secondary N) is 2. The van der Waals surface area contributed by atoms with Gasteiger partial charge in [-0.1, -0.05) is 203 Å². The molecule has 0 saturated heterocycles. The SMILES string of the molecule is CCCCCCCCCCCCCCCCCOCOCC(COP(=O)(O)OCCN(C)CC)OCOC(CCCCCCCCCC)NC(=O)Cc1ccccc1Nc1c(Cl)cccc1Cl. The van der Waals surface area contributed by atoms with Gasteiger partial charge >= 0.3 is 7.82 Å². The summed E-state index contributed by atoms with van der Waals surface area (Å²) in [6.45, 7) is 7.91. The number of phosphoric acid groups is 1. The highest BCUT2D eigenvalue weighted by molar-refractivity contribution is 7.47. The molecule has 0 heterocycles. The second-order valence-corrected chi connectivity index (χ2v) is 20.1. The molecule has 3 atom stereocenters. The lowest BCUT2D eigenvalue weighted by Crippen LogP contribution is -2.39. The number of anilines is 2. The van der Waals surface area contributed by atoms with Crippen LogP contribution in [0.5, 0.6) is 0 Å². The largest absolute Gasteiger partial charge is 0.472 e. The van der Waals surface area contributed by atoms with Gasteiger partial charge in [-0.15, -0.1) is 0 Å². The van der Waals surface area contributed by atoms with E-state index in [1.165, 1.54) is 116 Å². The Hall–Kier alpha value is -1.80. The molecular formula is C52H90Cl2N3O9P. The topological polar surface area (TPSA) is 137 Å². The van der Waals surface area contributed by atoms with Crippen LogP contribution >= 0.6 is 31.0 Å². The molecule has 2 aromatic rings. The summed E-state index contributed by atoms with van der Waals surface area (Å²) in [5, 5.41) is 7.30. The zero-order valence-corrected chi connectivity index (χ0v) is 44.3. The molecule has 2 rings (SSSR count). The summed E-state index contributed by atoms with van der Waals surface area (Å²) < 4.78 is 47.1. The number of unbranched alkanes of at least 4 members (excludes halogenated alkanes) is 21. The van der Waals surface area contributed by atoms with Crippen LogP contribution in [0.4, 0.5) is 11.4 Å². The first kappa shape index (κ1) is 61.3. The molecule has 0 aliphatic heterocycles. The first-order valence-electron chi connectivity index (χ1n) is 25.9. The number of carbonyl (C=O) groups excluding carboxylic acids is 1. The van der Waals surface area contributed by atoms with E-state index in [1.54, 1.807) is 18.2 Å². The predicted octanol–water partition coefficient (Wildman–Crippen LogP) is 14.6. The second-order valence-electron chi connectivity index (χ2n) is 17.8. The molecule has 12 nitrogen and oxygen atoms in total. The maximum Gasteiger partial charge on any atom is 0.472 e. The minimum absolute atomic E-state index is 0.0229. The van der Waals surface area contributed by atoms with Gasteiger partial charge in [-0.25, -0.2) is 4.57 Å². The Morgan fingerprint density at radius 2 is 1.21 bits per heavy atom. The van der Waals surface area contributed by atoms with E-state index in [2.05, 4.69) is 24.5 Å². The molecule has 0 saturated carbocycles. The summed E-state index contributed by atoms with van der Waals surface area (Å²) in [4.78, 5) is 26.0. The highest BCUT2D eigenvalue weighted by atomic mass is 35.5. The molecule has 67 heavy (non-hydrogen) atoms. The molecule has 0 fully saturated rings. The van der Waals surface area contributed by atoms with Gasteiger partial charge in [-0.05, 0) is 56.6 Å². The summed E-state index contributed by atoms with van der Waals surface area (Å²) in [5.41, 5.74) is 2.03. The first-order chi connectivity index (χ1) is 32.6. The Morgan fingerprint density at radius 3 is 1.79 bits per heavy atom. The number of hydrogen-bond donors (Lipinski definition) is 3. The van der Waals surface area contributed by atoms with Gasteiger partial charge in [-0.2, -0.15) is 0 Å². The number of rotatable bonds is 46. The summed E-state index contributed by atoms with van der Waals surface area (Å²) in [6.07, 6.45) is 27.9. The van der Waals surface area contributed by atoms with E-state index in [1.807, 2.05) is 43.1 Å². The van der Waals surface area contributed by atoms with Gasteiger partial charge in [0.1, 0.15) is 25.9 Å². The Morgan fingerprint density at radius 1 is 0.657 bits per heavy atom. The Bertz CT molecular complexity index is 1540. The minimum Gasteiger partial charge on any atom is -0.355 e. The zero-order valence-electron chi connectivity index (χ0n) is 41.9. The lowest BCUT2D eigenvalue weighted by Gasteiger charge is -2.23. The number of ether oxygens (including phenoxy) is 4. The molecule has 0 bridgehead atoms. The average Bonchev–Trinajstić information content (AvgIpc) is 3.31. The van der Waals surface area contributed by atoms with Crippen molar-refractivity contribution in [3.05, 3.63) is 58.1 Å². The van der Waals surface area contributed by atoms with E-state index in [-0.39, 0.29) is 45.7 Å². The second kappa shape index (κ2) is 40.9. The fourth-order valence-electron chi connectivity index (χ4n) is 7.53. The van der Waals surface area contributed by atoms with E-state index >= 15 is 0 Å². The van der Waals surface area contributed by atoms with Crippen LogP contribution in [0.25, 0.3) is 0 Å². The number of carbonyl (C=O) groups is 1. The summed E-state index contributed by atoms with van der Waals surface area (Å²) in [5.74, 6) is -0.231. The van der Waals surface area contributed by atoms with Crippen LogP contribution < -0.4 is 10.6 Å². The number of benzene rings is 2. The summed E-state index contributed by atoms with van der Waals surface area (Å²) in [6, 6.07) is 12.8.